The molecule has 0 N–H and O–H groups in total. The van der Waals surface area contributed by atoms with Gasteiger partial charge in [0.2, 0.25) is 5.90 Å². The number of esters is 1. The summed E-state index contributed by atoms with van der Waals surface area (Å²) in [6.07, 6.45) is 1.56. The van der Waals surface area contributed by atoms with Gasteiger partial charge < -0.3 is 9.47 Å². The molecular formula is C21H18N2O5. The van der Waals surface area contributed by atoms with Crippen molar-refractivity contribution in [2.75, 3.05) is 6.61 Å². The van der Waals surface area contributed by atoms with Crippen LogP contribution in [-0.2, 0) is 9.53 Å². The van der Waals surface area contributed by atoms with Gasteiger partial charge in [-0.05, 0) is 37.6 Å². The highest BCUT2D eigenvalue weighted by Crippen LogP contribution is 2.26. The van der Waals surface area contributed by atoms with Gasteiger partial charge in [-0.15, -0.1) is 0 Å². The third kappa shape index (κ3) is 4.15. The molecule has 28 heavy (non-hydrogen) atoms. The van der Waals surface area contributed by atoms with Crippen LogP contribution in [0.25, 0.3) is 6.08 Å². The van der Waals surface area contributed by atoms with Crippen molar-refractivity contribution in [1.29, 1.82) is 0 Å². The Hall–Kier alpha value is -3.74. The summed E-state index contributed by atoms with van der Waals surface area (Å²) in [7, 11) is 0. The van der Waals surface area contributed by atoms with Crippen molar-refractivity contribution in [1.82, 2.24) is 0 Å². The molecule has 0 atom stereocenters. The molecule has 1 heterocycles. The second kappa shape index (κ2) is 7.87. The molecule has 0 radical (unpaired) electrons. The van der Waals surface area contributed by atoms with Gasteiger partial charge in [-0.25, -0.2) is 9.79 Å². The molecule has 0 fully saturated rings. The number of carbonyl (C=O) groups is 1. The quantitative estimate of drug-likeness (QED) is 0.247. The maximum Gasteiger partial charge on any atom is 0.363 e. The van der Waals surface area contributed by atoms with Crippen molar-refractivity contribution in [2.24, 2.45) is 4.99 Å². The Bertz CT molecular complexity index is 1040. The van der Waals surface area contributed by atoms with Crippen LogP contribution in [0.4, 0.5) is 5.69 Å². The van der Waals surface area contributed by atoms with Crippen LogP contribution in [0.15, 0.2) is 65.3 Å². The predicted molar refractivity (Wildman–Crippen MR) is 105 cm³/mol. The number of hydrogen-bond acceptors (Lipinski definition) is 6. The van der Waals surface area contributed by atoms with Gasteiger partial charge in [0.1, 0.15) is 12.4 Å². The number of carbonyl (C=O) groups excluding carboxylic acids is 1. The number of ether oxygens (including phenoxy) is 2. The number of cyclic esters (lactones) is 1. The fourth-order valence-electron chi connectivity index (χ4n) is 2.55. The van der Waals surface area contributed by atoms with Gasteiger partial charge in [0.25, 0.3) is 5.69 Å². The van der Waals surface area contributed by atoms with Gasteiger partial charge in [-0.1, -0.05) is 30.8 Å². The van der Waals surface area contributed by atoms with E-state index in [0.717, 1.165) is 5.57 Å². The van der Waals surface area contributed by atoms with Crippen LogP contribution >= 0.6 is 0 Å². The van der Waals surface area contributed by atoms with Crippen LogP contribution in [0.5, 0.6) is 5.75 Å². The zero-order valence-corrected chi connectivity index (χ0v) is 15.5. The molecule has 0 aromatic heterocycles. The average Bonchev–Trinajstić information content (AvgIpc) is 3.01. The topological polar surface area (TPSA) is 91.0 Å². The van der Waals surface area contributed by atoms with E-state index in [1.54, 1.807) is 37.3 Å². The molecule has 0 spiro atoms. The average molecular weight is 378 g/mol. The lowest BCUT2D eigenvalue weighted by Crippen LogP contribution is -2.06. The first-order valence-corrected chi connectivity index (χ1v) is 8.49. The SMILES string of the molecule is C=C(C)COc1ccccc1/C=C1\N=C(c2ccc(C)c([N+](=O)[O-])c2)OC1=O. The van der Waals surface area contributed by atoms with Crippen molar-refractivity contribution < 1.29 is 19.2 Å². The number of nitro benzene ring substituents is 1. The van der Waals surface area contributed by atoms with E-state index in [2.05, 4.69) is 11.6 Å². The molecule has 1 aliphatic rings. The summed E-state index contributed by atoms with van der Waals surface area (Å²) in [4.78, 5) is 27.1. The monoisotopic (exact) mass is 378 g/mol. The van der Waals surface area contributed by atoms with E-state index in [0.29, 0.717) is 29.0 Å². The second-order valence-corrected chi connectivity index (χ2v) is 6.38. The van der Waals surface area contributed by atoms with Gasteiger partial charge in [-0.2, -0.15) is 0 Å². The third-order valence-electron chi connectivity index (χ3n) is 3.96. The molecule has 0 saturated heterocycles. The summed E-state index contributed by atoms with van der Waals surface area (Å²) >= 11 is 0. The van der Waals surface area contributed by atoms with E-state index in [1.165, 1.54) is 6.07 Å². The molecule has 1 aliphatic heterocycles. The van der Waals surface area contributed by atoms with E-state index in [4.69, 9.17) is 9.47 Å². The molecule has 0 bridgehead atoms. The number of rotatable bonds is 6. The zero-order valence-electron chi connectivity index (χ0n) is 15.5. The van der Waals surface area contributed by atoms with Gasteiger partial charge in [0, 0.05) is 22.8 Å². The standard InChI is InChI=1S/C21H18N2O5/c1-13(2)12-27-19-7-5-4-6-15(19)10-17-21(24)28-20(22-17)16-9-8-14(3)18(11-16)23(25)26/h4-11H,1,12H2,2-3H3/b17-10-. The molecule has 7 nitrogen and oxygen atoms in total. The first-order chi connectivity index (χ1) is 13.3. The largest absolute Gasteiger partial charge is 0.489 e. The Morgan fingerprint density at radius 3 is 2.79 bits per heavy atom. The second-order valence-electron chi connectivity index (χ2n) is 6.38. The lowest BCUT2D eigenvalue weighted by Gasteiger charge is -2.08. The van der Waals surface area contributed by atoms with Crippen molar-refractivity contribution in [3.63, 3.8) is 0 Å². The third-order valence-corrected chi connectivity index (χ3v) is 3.96. The summed E-state index contributed by atoms with van der Waals surface area (Å²) in [5.74, 6) is -0.0203. The Morgan fingerprint density at radius 2 is 2.07 bits per heavy atom. The summed E-state index contributed by atoms with van der Waals surface area (Å²) in [6.45, 7) is 7.64. The number of aliphatic imine (C=N–C) groups is 1. The van der Waals surface area contributed by atoms with Crippen molar-refractivity contribution in [3.05, 3.63) is 87.1 Å². The van der Waals surface area contributed by atoms with E-state index < -0.39 is 10.9 Å². The maximum absolute atomic E-state index is 12.2. The number of hydrogen-bond donors (Lipinski definition) is 0. The molecule has 0 saturated carbocycles. The fraction of sp³-hybridized carbons (Fsp3) is 0.143. The van der Waals surface area contributed by atoms with Crippen LogP contribution in [0, 0.1) is 17.0 Å². The first kappa shape index (κ1) is 19.0. The molecule has 2 aromatic rings. The van der Waals surface area contributed by atoms with Crippen molar-refractivity contribution in [3.8, 4) is 5.75 Å². The highest BCUT2D eigenvalue weighted by Gasteiger charge is 2.26. The van der Waals surface area contributed by atoms with Crippen molar-refractivity contribution in [2.45, 2.75) is 13.8 Å². The lowest BCUT2D eigenvalue weighted by atomic mass is 10.1. The van der Waals surface area contributed by atoms with Gasteiger partial charge in [0.05, 0.1) is 4.92 Å². The fourth-order valence-corrected chi connectivity index (χ4v) is 2.55. The van der Waals surface area contributed by atoms with Gasteiger partial charge in [-0.3, -0.25) is 10.1 Å². The molecule has 0 unspecified atom stereocenters. The highest BCUT2D eigenvalue weighted by atomic mass is 16.6. The Balaban J connectivity index is 1.94. The molecule has 142 valence electrons. The Kier molecular flexibility index (Phi) is 5.35. The molecule has 2 aromatic carbocycles. The summed E-state index contributed by atoms with van der Waals surface area (Å²) in [5.41, 5.74) is 2.43. The number of nitrogens with zero attached hydrogens (tertiary/aromatic N) is 2. The molecule has 0 amide bonds. The van der Waals surface area contributed by atoms with E-state index in [9.17, 15) is 14.9 Å². The first-order valence-electron chi connectivity index (χ1n) is 8.49. The molecule has 0 aliphatic carbocycles. The van der Waals surface area contributed by atoms with Crippen LogP contribution in [0.1, 0.15) is 23.6 Å². The Morgan fingerprint density at radius 1 is 1.32 bits per heavy atom. The normalized spacial score (nSPS) is 14.6. The van der Waals surface area contributed by atoms with E-state index in [1.807, 2.05) is 19.1 Å². The number of aryl methyl sites for hydroxylation is 1. The predicted octanol–water partition coefficient (Wildman–Crippen LogP) is 4.20. The van der Waals surface area contributed by atoms with Crippen LogP contribution < -0.4 is 4.74 Å². The summed E-state index contributed by atoms with van der Waals surface area (Å²) in [5, 5.41) is 11.1. The van der Waals surface area contributed by atoms with E-state index in [-0.39, 0.29) is 17.3 Å². The maximum atomic E-state index is 12.2. The summed E-state index contributed by atoms with van der Waals surface area (Å²) < 4.78 is 10.9. The minimum atomic E-state index is -0.632. The van der Waals surface area contributed by atoms with Gasteiger partial charge >= 0.3 is 5.97 Å². The van der Waals surface area contributed by atoms with Crippen LogP contribution in [0.2, 0.25) is 0 Å². The smallest absolute Gasteiger partial charge is 0.363 e. The zero-order chi connectivity index (χ0) is 20.3. The molecular weight excluding hydrogens is 360 g/mol. The lowest BCUT2D eigenvalue weighted by molar-refractivity contribution is -0.385. The minimum Gasteiger partial charge on any atom is -0.489 e. The number of para-hydroxylation sites is 1. The number of benzene rings is 2. The van der Waals surface area contributed by atoms with Crippen molar-refractivity contribution >= 4 is 23.6 Å². The molecule has 3 rings (SSSR count). The highest BCUT2D eigenvalue weighted by molar-refractivity contribution is 6.13. The number of nitro groups is 1. The Labute approximate surface area is 161 Å². The van der Waals surface area contributed by atoms with Gasteiger partial charge in [0.15, 0.2) is 5.70 Å². The molecule has 7 heteroatoms. The van der Waals surface area contributed by atoms with Crippen LogP contribution in [-0.4, -0.2) is 23.4 Å². The summed E-state index contributed by atoms with van der Waals surface area (Å²) in [6, 6.07) is 11.8. The minimum absolute atomic E-state index is 0.0275. The van der Waals surface area contributed by atoms with E-state index >= 15 is 0 Å². The van der Waals surface area contributed by atoms with Crippen LogP contribution in [0.3, 0.4) is 0 Å².